The number of hydrogen-bond acceptors (Lipinski definition) is 3. The van der Waals surface area contributed by atoms with Gasteiger partial charge in [-0.05, 0) is 36.4 Å². The summed E-state index contributed by atoms with van der Waals surface area (Å²) < 4.78 is 34.0. The number of amides is 1. The maximum atomic E-state index is 12.3. The minimum Gasteiger partial charge on any atom is -0.497 e. The lowest BCUT2D eigenvalue weighted by Crippen LogP contribution is -2.07. The van der Waals surface area contributed by atoms with E-state index in [9.17, 15) is 13.6 Å². The van der Waals surface area contributed by atoms with E-state index in [1.54, 1.807) is 49.6 Å². The fraction of sp³-hybridized carbons (Fsp3) is 0.118. The van der Waals surface area contributed by atoms with Crippen molar-refractivity contribution in [1.29, 1.82) is 0 Å². The zero-order valence-electron chi connectivity index (χ0n) is 12.3. The highest BCUT2D eigenvalue weighted by Crippen LogP contribution is 2.21. The number of nitrogens with one attached hydrogen (secondary N) is 1. The summed E-state index contributed by atoms with van der Waals surface area (Å²) in [6.45, 7) is -2.92. The Labute approximate surface area is 132 Å². The largest absolute Gasteiger partial charge is 0.497 e. The van der Waals surface area contributed by atoms with E-state index in [-0.39, 0.29) is 11.7 Å². The molecule has 0 aliphatic rings. The molecule has 2 aromatic rings. The first-order chi connectivity index (χ1) is 11.1. The van der Waals surface area contributed by atoms with Crippen LogP contribution >= 0.6 is 0 Å². The van der Waals surface area contributed by atoms with Gasteiger partial charge in [0.1, 0.15) is 11.5 Å². The fourth-order valence-corrected chi connectivity index (χ4v) is 1.85. The SMILES string of the molecule is COc1ccc(NC(=O)/C=C/c2ccccc2OC(F)F)cc1. The van der Waals surface area contributed by atoms with Crippen molar-refractivity contribution >= 4 is 17.7 Å². The summed E-state index contributed by atoms with van der Waals surface area (Å²) in [4.78, 5) is 11.9. The van der Waals surface area contributed by atoms with E-state index in [0.29, 0.717) is 17.0 Å². The number of methoxy groups -OCH3 is 1. The molecule has 0 radical (unpaired) electrons. The van der Waals surface area contributed by atoms with E-state index in [0.717, 1.165) is 0 Å². The van der Waals surface area contributed by atoms with Crippen molar-refractivity contribution in [2.45, 2.75) is 6.61 Å². The molecule has 23 heavy (non-hydrogen) atoms. The van der Waals surface area contributed by atoms with Crippen LogP contribution < -0.4 is 14.8 Å². The molecule has 1 amide bonds. The molecule has 0 bridgehead atoms. The van der Waals surface area contributed by atoms with Gasteiger partial charge in [0.25, 0.3) is 0 Å². The van der Waals surface area contributed by atoms with Gasteiger partial charge in [0.05, 0.1) is 7.11 Å². The molecule has 4 nitrogen and oxygen atoms in total. The van der Waals surface area contributed by atoms with Crippen LogP contribution in [0.3, 0.4) is 0 Å². The molecule has 0 aliphatic carbocycles. The Morgan fingerprint density at radius 2 is 1.83 bits per heavy atom. The first-order valence-electron chi connectivity index (χ1n) is 6.75. The van der Waals surface area contributed by atoms with Crippen LogP contribution in [0.25, 0.3) is 6.08 Å². The first-order valence-corrected chi connectivity index (χ1v) is 6.75. The van der Waals surface area contributed by atoms with E-state index in [4.69, 9.17) is 4.74 Å². The molecule has 0 aromatic heterocycles. The minimum absolute atomic E-state index is 0.0102. The summed E-state index contributed by atoms with van der Waals surface area (Å²) in [7, 11) is 1.55. The molecule has 2 rings (SSSR count). The number of alkyl halides is 2. The topological polar surface area (TPSA) is 47.6 Å². The number of halogens is 2. The van der Waals surface area contributed by atoms with Gasteiger partial charge < -0.3 is 14.8 Å². The number of anilines is 1. The van der Waals surface area contributed by atoms with Gasteiger partial charge in [-0.25, -0.2) is 0 Å². The van der Waals surface area contributed by atoms with Gasteiger partial charge >= 0.3 is 6.61 Å². The minimum atomic E-state index is -2.92. The Hall–Kier alpha value is -2.89. The van der Waals surface area contributed by atoms with Crippen LogP contribution in [0, 0.1) is 0 Å². The maximum absolute atomic E-state index is 12.3. The second-order valence-electron chi connectivity index (χ2n) is 4.47. The molecule has 1 N–H and O–H groups in total. The molecule has 0 aliphatic heterocycles. The van der Waals surface area contributed by atoms with Crippen LogP contribution in [0.2, 0.25) is 0 Å². The van der Waals surface area contributed by atoms with Crippen LogP contribution in [0.15, 0.2) is 54.6 Å². The Morgan fingerprint density at radius 1 is 1.13 bits per heavy atom. The lowest BCUT2D eigenvalue weighted by atomic mass is 10.2. The number of rotatable bonds is 6. The summed E-state index contributed by atoms with van der Waals surface area (Å²) in [6, 6.07) is 13.0. The number of carbonyl (C=O) groups is 1. The Balaban J connectivity index is 2.03. The molecule has 0 saturated carbocycles. The fourth-order valence-electron chi connectivity index (χ4n) is 1.85. The molecular formula is C17H15F2NO3. The van der Waals surface area contributed by atoms with Gasteiger partial charge in [-0.2, -0.15) is 8.78 Å². The van der Waals surface area contributed by atoms with Crippen molar-refractivity contribution in [3.8, 4) is 11.5 Å². The third-order valence-corrected chi connectivity index (χ3v) is 2.91. The predicted molar refractivity (Wildman–Crippen MR) is 83.7 cm³/mol. The van der Waals surface area contributed by atoms with E-state index in [1.165, 1.54) is 18.2 Å². The van der Waals surface area contributed by atoms with E-state index >= 15 is 0 Å². The maximum Gasteiger partial charge on any atom is 0.387 e. The molecular weight excluding hydrogens is 304 g/mol. The van der Waals surface area contributed by atoms with Crippen molar-refractivity contribution in [1.82, 2.24) is 0 Å². The molecule has 0 saturated heterocycles. The Kier molecular flexibility index (Phi) is 5.68. The highest BCUT2D eigenvalue weighted by Gasteiger charge is 2.07. The van der Waals surface area contributed by atoms with Crippen molar-refractivity contribution in [3.05, 3.63) is 60.2 Å². The number of ether oxygens (including phenoxy) is 2. The molecule has 0 spiro atoms. The van der Waals surface area contributed by atoms with Gasteiger partial charge in [-0.1, -0.05) is 18.2 Å². The van der Waals surface area contributed by atoms with Crippen molar-refractivity contribution in [2.75, 3.05) is 12.4 Å². The van der Waals surface area contributed by atoms with E-state index in [1.807, 2.05) is 0 Å². The normalized spacial score (nSPS) is 10.8. The molecule has 120 valence electrons. The standard InChI is InChI=1S/C17H15F2NO3/c1-22-14-9-7-13(8-10-14)20-16(21)11-6-12-4-2-3-5-15(12)23-17(18)19/h2-11,17H,1H3,(H,20,21)/b11-6+. The second kappa shape index (κ2) is 7.93. The number of benzene rings is 2. The highest BCUT2D eigenvalue weighted by molar-refractivity contribution is 6.02. The summed E-state index contributed by atoms with van der Waals surface area (Å²) in [6.07, 6.45) is 2.66. The zero-order chi connectivity index (χ0) is 16.7. The molecule has 0 atom stereocenters. The van der Waals surface area contributed by atoms with Crippen LogP contribution in [0.4, 0.5) is 14.5 Å². The van der Waals surface area contributed by atoms with E-state index in [2.05, 4.69) is 10.1 Å². The second-order valence-corrected chi connectivity index (χ2v) is 4.47. The summed E-state index contributed by atoms with van der Waals surface area (Å²) in [5.41, 5.74) is 0.982. The average Bonchev–Trinajstić information content (AvgIpc) is 2.54. The lowest BCUT2D eigenvalue weighted by molar-refractivity contribution is -0.111. The molecule has 0 heterocycles. The van der Waals surface area contributed by atoms with Crippen molar-refractivity contribution in [2.24, 2.45) is 0 Å². The van der Waals surface area contributed by atoms with Crippen LogP contribution in [0.5, 0.6) is 11.5 Å². The molecule has 6 heteroatoms. The van der Waals surface area contributed by atoms with Crippen LogP contribution in [-0.4, -0.2) is 19.6 Å². The van der Waals surface area contributed by atoms with Crippen molar-refractivity contribution in [3.63, 3.8) is 0 Å². The third-order valence-electron chi connectivity index (χ3n) is 2.91. The highest BCUT2D eigenvalue weighted by atomic mass is 19.3. The van der Waals surface area contributed by atoms with Crippen LogP contribution in [0.1, 0.15) is 5.56 Å². The van der Waals surface area contributed by atoms with Gasteiger partial charge in [0.2, 0.25) is 5.91 Å². The van der Waals surface area contributed by atoms with Gasteiger partial charge in [0.15, 0.2) is 0 Å². The van der Waals surface area contributed by atoms with Gasteiger partial charge in [-0.15, -0.1) is 0 Å². The molecule has 0 fully saturated rings. The predicted octanol–water partition coefficient (Wildman–Crippen LogP) is 3.95. The van der Waals surface area contributed by atoms with E-state index < -0.39 is 6.61 Å². The number of carbonyl (C=O) groups excluding carboxylic acids is 1. The Morgan fingerprint density at radius 3 is 2.48 bits per heavy atom. The smallest absolute Gasteiger partial charge is 0.387 e. The summed E-state index contributed by atoms with van der Waals surface area (Å²) in [5.74, 6) is 0.301. The van der Waals surface area contributed by atoms with Gasteiger partial charge in [0, 0.05) is 17.3 Å². The van der Waals surface area contributed by atoms with Crippen molar-refractivity contribution < 1.29 is 23.0 Å². The average molecular weight is 319 g/mol. The van der Waals surface area contributed by atoms with Crippen LogP contribution in [-0.2, 0) is 4.79 Å². The third kappa shape index (κ3) is 5.10. The lowest BCUT2D eigenvalue weighted by Gasteiger charge is -2.07. The number of hydrogen-bond donors (Lipinski definition) is 1. The summed E-state index contributed by atoms with van der Waals surface area (Å²) in [5, 5.41) is 2.65. The first kappa shape index (κ1) is 16.5. The monoisotopic (exact) mass is 319 g/mol. The Bertz CT molecular complexity index is 684. The summed E-state index contributed by atoms with van der Waals surface area (Å²) >= 11 is 0. The quantitative estimate of drug-likeness (QED) is 0.820. The molecule has 2 aromatic carbocycles. The zero-order valence-corrected chi connectivity index (χ0v) is 12.3. The number of para-hydroxylation sites is 1. The van der Waals surface area contributed by atoms with Gasteiger partial charge in [-0.3, -0.25) is 4.79 Å². The molecule has 0 unspecified atom stereocenters.